The zero-order valence-corrected chi connectivity index (χ0v) is 11.5. The zero-order valence-electron chi connectivity index (χ0n) is 11.5. The number of nitrogens with one attached hydrogen (secondary N) is 1. The van der Waals surface area contributed by atoms with Crippen LogP contribution in [0.1, 0.15) is 44.9 Å². The van der Waals surface area contributed by atoms with Crippen molar-refractivity contribution in [1.82, 2.24) is 10.3 Å². The summed E-state index contributed by atoms with van der Waals surface area (Å²) >= 11 is 0. The van der Waals surface area contributed by atoms with Gasteiger partial charge in [-0.3, -0.25) is 4.98 Å². The van der Waals surface area contributed by atoms with Gasteiger partial charge < -0.3 is 5.32 Å². The zero-order chi connectivity index (χ0) is 12.5. The fourth-order valence-corrected chi connectivity index (χ4v) is 1.76. The molecule has 0 aliphatic heterocycles. The number of nitrogens with zero attached hydrogens (tertiary/aromatic N) is 1. The van der Waals surface area contributed by atoms with E-state index in [1.54, 1.807) is 0 Å². The minimum Gasteiger partial charge on any atom is -0.316 e. The second-order valence-corrected chi connectivity index (χ2v) is 5.07. The predicted molar refractivity (Wildman–Crippen MR) is 74.3 cm³/mol. The Bertz CT molecular complexity index is 290. The summed E-state index contributed by atoms with van der Waals surface area (Å²) in [6, 6.07) is 4.36. The molecule has 17 heavy (non-hydrogen) atoms. The van der Waals surface area contributed by atoms with Gasteiger partial charge in [0, 0.05) is 11.9 Å². The van der Waals surface area contributed by atoms with Crippen LogP contribution in [0.3, 0.4) is 0 Å². The van der Waals surface area contributed by atoms with E-state index in [4.69, 9.17) is 0 Å². The van der Waals surface area contributed by atoms with Crippen LogP contribution in [-0.2, 0) is 12.8 Å². The first-order valence-corrected chi connectivity index (χ1v) is 6.87. The van der Waals surface area contributed by atoms with Crippen LogP contribution >= 0.6 is 0 Å². The smallest absolute Gasteiger partial charge is 0.0403 e. The van der Waals surface area contributed by atoms with Crippen LogP contribution in [-0.4, -0.2) is 18.1 Å². The fraction of sp³-hybridized carbons (Fsp3) is 0.667. The van der Waals surface area contributed by atoms with E-state index in [1.165, 1.54) is 24.1 Å². The highest BCUT2D eigenvalue weighted by atomic mass is 14.8. The van der Waals surface area contributed by atoms with Crippen LogP contribution in [0, 0.1) is 5.92 Å². The average Bonchev–Trinajstić information content (AvgIpc) is 2.34. The molecule has 1 heterocycles. The summed E-state index contributed by atoms with van der Waals surface area (Å²) in [5, 5.41) is 3.47. The molecule has 1 N–H and O–H groups in total. The number of unbranched alkanes of at least 4 members (excludes halogenated alkanes) is 1. The third kappa shape index (κ3) is 6.42. The molecular weight excluding hydrogens is 208 g/mol. The highest BCUT2D eigenvalue weighted by molar-refractivity contribution is 5.13. The molecular formula is C15H26N2. The molecule has 0 amide bonds. The van der Waals surface area contributed by atoms with E-state index >= 15 is 0 Å². The minimum absolute atomic E-state index is 0.748. The Labute approximate surface area is 106 Å². The van der Waals surface area contributed by atoms with Crippen LogP contribution in [0.2, 0.25) is 0 Å². The molecule has 0 atom stereocenters. The maximum atomic E-state index is 4.48. The quantitative estimate of drug-likeness (QED) is 0.699. The van der Waals surface area contributed by atoms with E-state index in [1.807, 2.05) is 6.20 Å². The number of rotatable bonds is 8. The first kappa shape index (κ1) is 14.2. The molecule has 1 aromatic rings. The second kappa shape index (κ2) is 8.24. The van der Waals surface area contributed by atoms with E-state index < -0.39 is 0 Å². The van der Waals surface area contributed by atoms with Gasteiger partial charge >= 0.3 is 0 Å². The largest absolute Gasteiger partial charge is 0.316 e. The highest BCUT2D eigenvalue weighted by Crippen LogP contribution is 2.04. The van der Waals surface area contributed by atoms with Gasteiger partial charge in [-0.2, -0.15) is 0 Å². The van der Waals surface area contributed by atoms with Crippen molar-refractivity contribution >= 4 is 0 Å². The summed E-state index contributed by atoms with van der Waals surface area (Å²) in [5.74, 6) is 0.748. The third-order valence-electron chi connectivity index (χ3n) is 2.88. The van der Waals surface area contributed by atoms with Crippen LogP contribution < -0.4 is 5.32 Å². The summed E-state index contributed by atoms with van der Waals surface area (Å²) in [6.07, 6.45) is 6.65. The summed E-state index contributed by atoms with van der Waals surface area (Å²) in [7, 11) is 0. The summed E-state index contributed by atoms with van der Waals surface area (Å²) in [4.78, 5) is 4.48. The molecule has 1 rings (SSSR count). The Hall–Kier alpha value is -0.890. The van der Waals surface area contributed by atoms with Crippen molar-refractivity contribution in [2.45, 2.75) is 46.5 Å². The standard InChI is InChI=1S/C15H26N2/c1-4-14-8-9-15(17-12-14)7-5-6-10-16-11-13(2)3/h8-9,12-13,16H,4-7,10-11H2,1-3H3. The first-order valence-electron chi connectivity index (χ1n) is 6.87. The molecule has 96 valence electrons. The van der Waals surface area contributed by atoms with E-state index in [-0.39, 0.29) is 0 Å². The fourth-order valence-electron chi connectivity index (χ4n) is 1.76. The van der Waals surface area contributed by atoms with E-state index in [0.717, 1.165) is 31.8 Å². The number of aromatic nitrogens is 1. The Kier molecular flexibility index (Phi) is 6.87. The number of pyridine rings is 1. The Morgan fingerprint density at radius 1 is 1.24 bits per heavy atom. The highest BCUT2D eigenvalue weighted by Gasteiger charge is 1.96. The van der Waals surface area contributed by atoms with Crippen molar-refractivity contribution in [1.29, 1.82) is 0 Å². The van der Waals surface area contributed by atoms with Crippen LogP contribution in [0.4, 0.5) is 0 Å². The van der Waals surface area contributed by atoms with Crippen molar-refractivity contribution in [2.24, 2.45) is 5.92 Å². The lowest BCUT2D eigenvalue weighted by Gasteiger charge is -2.07. The molecule has 1 aromatic heterocycles. The topological polar surface area (TPSA) is 24.9 Å². The summed E-state index contributed by atoms with van der Waals surface area (Å²) in [6.45, 7) is 8.91. The van der Waals surface area contributed by atoms with Gasteiger partial charge in [-0.1, -0.05) is 26.8 Å². The Morgan fingerprint density at radius 3 is 2.65 bits per heavy atom. The molecule has 0 radical (unpaired) electrons. The lowest BCUT2D eigenvalue weighted by Crippen LogP contribution is -2.20. The van der Waals surface area contributed by atoms with Crippen LogP contribution in [0.5, 0.6) is 0 Å². The minimum atomic E-state index is 0.748. The van der Waals surface area contributed by atoms with Crippen molar-refractivity contribution in [3.63, 3.8) is 0 Å². The van der Waals surface area contributed by atoms with Crippen molar-refractivity contribution in [3.8, 4) is 0 Å². The Morgan fingerprint density at radius 2 is 2.06 bits per heavy atom. The van der Waals surface area contributed by atoms with Crippen LogP contribution in [0.25, 0.3) is 0 Å². The van der Waals surface area contributed by atoms with Gasteiger partial charge in [-0.25, -0.2) is 0 Å². The molecule has 0 aromatic carbocycles. The molecule has 0 spiro atoms. The SMILES string of the molecule is CCc1ccc(CCCCNCC(C)C)nc1. The van der Waals surface area contributed by atoms with E-state index in [2.05, 4.69) is 43.2 Å². The number of hydrogen-bond donors (Lipinski definition) is 1. The van der Waals surface area contributed by atoms with Gasteiger partial charge in [0.05, 0.1) is 0 Å². The maximum absolute atomic E-state index is 4.48. The molecule has 2 nitrogen and oxygen atoms in total. The summed E-state index contributed by atoms with van der Waals surface area (Å²) in [5.41, 5.74) is 2.55. The molecule has 0 aliphatic rings. The number of aryl methyl sites for hydroxylation is 2. The van der Waals surface area contributed by atoms with Crippen molar-refractivity contribution in [2.75, 3.05) is 13.1 Å². The van der Waals surface area contributed by atoms with Crippen molar-refractivity contribution < 1.29 is 0 Å². The van der Waals surface area contributed by atoms with E-state index in [9.17, 15) is 0 Å². The molecule has 0 bridgehead atoms. The maximum Gasteiger partial charge on any atom is 0.0403 e. The first-order chi connectivity index (χ1) is 8.22. The molecule has 0 saturated heterocycles. The van der Waals surface area contributed by atoms with Gasteiger partial charge in [0.2, 0.25) is 0 Å². The molecule has 0 fully saturated rings. The lowest BCUT2D eigenvalue weighted by atomic mass is 10.1. The predicted octanol–water partition coefficient (Wildman–Crippen LogP) is 3.21. The van der Waals surface area contributed by atoms with Gasteiger partial charge in [0.25, 0.3) is 0 Å². The van der Waals surface area contributed by atoms with Gasteiger partial charge in [-0.15, -0.1) is 0 Å². The molecule has 0 aliphatic carbocycles. The lowest BCUT2D eigenvalue weighted by molar-refractivity contribution is 0.535. The van der Waals surface area contributed by atoms with Gasteiger partial charge in [0.1, 0.15) is 0 Å². The van der Waals surface area contributed by atoms with Gasteiger partial charge in [0.15, 0.2) is 0 Å². The Balaban J connectivity index is 2.09. The molecule has 0 unspecified atom stereocenters. The third-order valence-corrected chi connectivity index (χ3v) is 2.88. The van der Waals surface area contributed by atoms with Crippen molar-refractivity contribution in [3.05, 3.63) is 29.6 Å². The van der Waals surface area contributed by atoms with Gasteiger partial charge in [-0.05, 0) is 56.3 Å². The molecule has 0 saturated carbocycles. The van der Waals surface area contributed by atoms with Crippen LogP contribution in [0.15, 0.2) is 18.3 Å². The van der Waals surface area contributed by atoms with E-state index in [0.29, 0.717) is 0 Å². The molecule has 2 heteroatoms. The average molecular weight is 234 g/mol. The number of hydrogen-bond acceptors (Lipinski definition) is 2. The summed E-state index contributed by atoms with van der Waals surface area (Å²) < 4.78 is 0. The monoisotopic (exact) mass is 234 g/mol. The second-order valence-electron chi connectivity index (χ2n) is 5.07. The normalized spacial score (nSPS) is 11.1.